The minimum atomic E-state index is -0.789. The SMILES string of the molecule is CCOc1ccc(C(c2cccc(OC)c2OC)N2CCCCC2C(=O)O)cc1. The van der Waals surface area contributed by atoms with E-state index in [1.807, 2.05) is 49.4 Å². The summed E-state index contributed by atoms with van der Waals surface area (Å²) in [6.45, 7) is 3.25. The minimum absolute atomic E-state index is 0.267. The Bertz CT molecular complexity index is 821. The molecule has 0 saturated carbocycles. The molecule has 2 aromatic rings. The Morgan fingerprint density at radius 3 is 2.52 bits per heavy atom. The third-order valence-corrected chi connectivity index (χ3v) is 5.40. The highest BCUT2D eigenvalue weighted by atomic mass is 16.5. The number of rotatable bonds is 8. The van der Waals surface area contributed by atoms with E-state index in [2.05, 4.69) is 4.90 Å². The molecule has 3 rings (SSSR count). The molecule has 0 bridgehead atoms. The van der Waals surface area contributed by atoms with Gasteiger partial charge in [-0.25, -0.2) is 0 Å². The average molecular weight is 399 g/mol. The van der Waals surface area contributed by atoms with Crippen molar-refractivity contribution in [2.24, 2.45) is 0 Å². The fourth-order valence-corrected chi connectivity index (χ4v) is 4.12. The molecule has 0 aromatic heterocycles. The van der Waals surface area contributed by atoms with Crippen LogP contribution in [-0.2, 0) is 4.79 Å². The van der Waals surface area contributed by atoms with E-state index in [0.29, 0.717) is 31.1 Å². The van der Waals surface area contributed by atoms with Crippen LogP contribution in [0.4, 0.5) is 0 Å². The zero-order chi connectivity index (χ0) is 20.8. The Hall–Kier alpha value is -2.73. The van der Waals surface area contributed by atoms with Gasteiger partial charge < -0.3 is 19.3 Å². The number of aliphatic carboxylic acids is 1. The van der Waals surface area contributed by atoms with E-state index in [-0.39, 0.29) is 6.04 Å². The van der Waals surface area contributed by atoms with Crippen LogP contribution in [0.2, 0.25) is 0 Å². The smallest absolute Gasteiger partial charge is 0.320 e. The highest BCUT2D eigenvalue weighted by Crippen LogP contribution is 2.42. The maximum absolute atomic E-state index is 12.0. The summed E-state index contributed by atoms with van der Waals surface area (Å²) in [4.78, 5) is 14.1. The zero-order valence-corrected chi connectivity index (χ0v) is 17.3. The third-order valence-electron chi connectivity index (χ3n) is 5.40. The van der Waals surface area contributed by atoms with Gasteiger partial charge in [0.1, 0.15) is 11.8 Å². The monoisotopic (exact) mass is 399 g/mol. The molecular formula is C23H29NO5. The largest absolute Gasteiger partial charge is 0.494 e. The van der Waals surface area contributed by atoms with E-state index in [1.165, 1.54) is 0 Å². The molecule has 1 aliphatic rings. The van der Waals surface area contributed by atoms with Gasteiger partial charge in [0.2, 0.25) is 0 Å². The third kappa shape index (κ3) is 4.48. The molecule has 29 heavy (non-hydrogen) atoms. The van der Waals surface area contributed by atoms with Gasteiger partial charge in [-0.05, 0) is 50.1 Å². The van der Waals surface area contributed by atoms with Crippen molar-refractivity contribution in [2.75, 3.05) is 27.4 Å². The van der Waals surface area contributed by atoms with E-state index < -0.39 is 12.0 Å². The summed E-state index contributed by atoms with van der Waals surface area (Å²) in [5, 5.41) is 9.88. The maximum atomic E-state index is 12.0. The number of hydrogen-bond donors (Lipinski definition) is 1. The Morgan fingerprint density at radius 1 is 1.14 bits per heavy atom. The first-order valence-electron chi connectivity index (χ1n) is 10.0. The van der Waals surface area contributed by atoms with Gasteiger partial charge in [-0.15, -0.1) is 0 Å². The quantitative estimate of drug-likeness (QED) is 0.720. The summed E-state index contributed by atoms with van der Waals surface area (Å²) in [7, 11) is 3.22. The molecule has 0 spiro atoms. The van der Waals surface area contributed by atoms with E-state index in [9.17, 15) is 9.90 Å². The summed E-state index contributed by atoms with van der Waals surface area (Å²) < 4.78 is 16.8. The molecule has 1 N–H and O–H groups in total. The molecule has 0 amide bonds. The van der Waals surface area contributed by atoms with Gasteiger partial charge in [0.25, 0.3) is 0 Å². The van der Waals surface area contributed by atoms with E-state index >= 15 is 0 Å². The summed E-state index contributed by atoms with van der Waals surface area (Å²) in [6, 6.07) is 12.8. The van der Waals surface area contributed by atoms with Crippen LogP contribution in [0.15, 0.2) is 42.5 Å². The fraction of sp³-hybridized carbons (Fsp3) is 0.435. The normalized spacial score (nSPS) is 18.1. The standard InChI is InChI=1S/C23H29NO5/c1-4-29-17-13-11-16(12-14-17)21(24-15-6-5-9-19(24)23(25)26)18-8-7-10-20(27-2)22(18)28-3/h7-8,10-14,19,21H,4-6,9,15H2,1-3H3,(H,25,26). The Kier molecular flexibility index (Phi) is 6.99. The number of carboxylic acid groups (broad SMARTS) is 1. The van der Waals surface area contributed by atoms with Crippen molar-refractivity contribution in [2.45, 2.75) is 38.3 Å². The van der Waals surface area contributed by atoms with Crippen molar-refractivity contribution in [3.8, 4) is 17.2 Å². The van der Waals surface area contributed by atoms with Crippen LogP contribution in [0.1, 0.15) is 43.4 Å². The fourth-order valence-electron chi connectivity index (χ4n) is 4.12. The number of piperidine rings is 1. The lowest BCUT2D eigenvalue weighted by Crippen LogP contribution is -2.46. The van der Waals surface area contributed by atoms with E-state index in [4.69, 9.17) is 14.2 Å². The molecule has 2 aromatic carbocycles. The predicted molar refractivity (Wildman–Crippen MR) is 111 cm³/mol. The molecule has 6 nitrogen and oxygen atoms in total. The predicted octanol–water partition coefficient (Wildman–Crippen LogP) is 4.13. The second-order valence-electron chi connectivity index (χ2n) is 7.07. The molecule has 156 valence electrons. The first-order valence-corrected chi connectivity index (χ1v) is 10.0. The van der Waals surface area contributed by atoms with Gasteiger partial charge in [0, 0.05) is 5.56 Å². The minimum Gasteiger partial charge on any atom is -0.494 e. The van der Waals surface area contributed by atoms with Crippen molar-refractivity contribution >= 4 is 5.97 Å². The van der Waals surface area contributed by atoms with Crippen molar-refractivity contribution < 1.29 is 24.1 Å². The van der Waals surface area contributed by atoms with Crippen LogP contribution in [0, 0.1) is 0 Å². The molecule has 2 atom stereocenters. The number of methoxy groups -OCH3 is 2. The number of carbonyl (C=O) groups is 1. The number of benzene rings is 2. The molecule has 1 heterocycles. The van der Waals surface area contributed by atoms with Gasteiger partial charge in [0.15, 0.2) is 11.5 Å². The number of para-hydroxylation sites is 1. The Labute approximate surface area is 172 Å². The van der Waals surface area contributed by atoms with Crippen LogP contribution >= 0.6 is 0 Å². The van der Waals surface area contributed by atoms with Crippen molar-refractivity contribution in [1.29, 1.82) is 0 Å². The Balaban J connectivity index is 2.13. The first kappa shape index (κ1) is 21.0. The lowest BCUT2D eigenvalue weighted by molar-refractivity contribution is -0.145. The molecule has 1 fully saturated rings. The van der Waals surface area contributed by atoms with Crippen LogP contribution < -0.4 is 14.2 Å². The second kappa shape index (κ2) is 9.65. The summed E-state index contributed by atoms with van der Waals surface area (Å²) in [5.41, 5.74) is 1.89. The number of hydrogen-bond acceptors (Lipinski definition) is 5. The average Bonchev–Trinajstić information content (AvgIpc) is 2.75. The van der Waals surface area contributed by atoms with Crippen LogP contribution in [0.3, 0.4) is 0 Å². The van der Waals surface area contributed by atoms with E-state index in [0.717, 1.165) is 29.7 Å². The van der Waals surface area contributed by atoms with Gasteiger partial charge in [-0.2, -0.15) is 0 Å². The first-order chi connectivity index (χ1) is 14.1. The number of carboxylic acids is 1. The topological polar surface area (TPSA) is 68.2 Å². The van der Waals surface area contributed by atoms with Gasteiger partial charge in [-0.1, -0.05) is 30.7 Å². The van der Waals surface area contributed by atoms with Crippen molar-refractivity contribution in [1.82, 2.24) is 4.90 Å². The van der Waals surface area contributed by atoms with E-state index in [1.54, 1.807) is 14.2 Å². The highest BCUT2D eigenvalue weighted by Gasteiger charge is 2.36. The number of nitrogens with zero attached hydrogens (tertiary/aromatic N) is 1. The zero-order valence-electron chi connectivity index (χ0n) is 17.3. The van der Waals surface area contributed by atoms with Gasteiger partial charge in [0.05, 0.1) is 26.9 Å². The summed E-state index contributed by atoms with van der Waals surface area (Å²) >= 11 is 0. The number of likely N-dealkylation sites (tertiary alicyclic amines) is 1. The molecule has 0 aliphatic carbocycles. The van der Waals surface area contributed by atoms with Crippen molar-refractivity contribution in [3.63, 3.8) is 0 Å². The Morgan fingerprint density at radius 2 is 1.90 bits per heavy atom. The molecule has 1 saturated heterocycles. The van der Waals surface area contributed by atoms with Gasteiger partial charge in [-0.3, -0.25) is 9.69 Å². The molecular weight excluding hydrogens is 370 g/mol. The maximum Gasteiger partial charge on any atom is 0.320 e. The molecule has 1 aliphatic heterocycles. The van der Waals surface area contributed by atoms with Crippen molar-refractivity contribution in [3.05, 3.63) is 53.6 Å². The molecule has 2 unspecified atom stereocenters. The summed E-state index contributed by atoms with van der Waals surface area (Å²) in [6.07, 6.45) is 2.51. The van der Waals surface area contributed by atoms with Crippen LogP contribution in [-0.4, -0.2) is 49.4 Å². The lowest BCUT2D eigenvalue weighted by Gasteiger charge is -2.40. The molecule has 0 radical (unpaired) electrons. The lowest BCUT2D eigenvalue weighted by atomic mass is 9.91. The summed E-state index contributed by atoms with van der Waals surface area (Å²) in [5.74, 6) is 1.26. The van der Waals surface area contributed by atoms with Gasteiger partial charge >= 0.3 is 5.97 Å². The second-order valence-corrected chi connectivity index (χ2v) is 7.07. The highest BCUT2D eigenvalue weighted by molar-refractivity contribution is 5.74. The number of ether oxygens (including phenoxy) is 3. The van der Waals surface area contributed by atoms with Crippen LogP contribution in [0.25, 0.3) is 0 Å². The van der Waals surface area contributed by atoms with Crippen LogP contribution in [0.5, 0.6) is 17.2 Å². The molecule has 6 heteroatoms.